The molecule has 0 aliphatic heterocycles. The fourth-order valence-corrected chi connectivity index (χ4v) is 2.78. The standard InChI is InChI=1S/C18H17ClN4O3/c1-11-9-12(5-7-20-11)17-21-18(23(22-17)8-6-16(24)25)13-3-4-15(26-2)14(19)10-13/h3-5,7,9-10H,6,8H2,1-2H3,(H,24,25). The number of hydrogen-bond donors (Lipinski definition) is 1. The van der Waals surface area contributed by atoms with Gasteiger partial charge in [0.15, 0.2) is 11.6 Å². The molecule has 0 amide bonds. The Hall–Kier alpha value is -2.93. The normalized spacial score (nSPS) is 10.7. The Labute approximate surface area is 155 Å². The van der Waals surface area contributed by atoms with Crippen molar-refractivity contribution in [1.82, 2.24) is 19.7 Å². The Balaban J connectivity index is 2.07. The summed E-state index contributed by atoms with van der Waals surface area (Å²) >= 11 is 6.22. The molecule has 26 heavy (non-hydrogen) atoms. The van der Waals surface area contributed by atoms with Crippen LogP contribution in [0.2, 0.25) is 5.02 Å². The van der Waals surface area contributed by atoms with E-state index in [0.29, 0.717) is 22.4 Å². The van der Waals surface area contributed by atoms with Gasteiger partial charge in [0.25, 0.3) is 0 Å². The lowest BCUT2D eigenvalue weighted by Gasteiger charge is -2.07. The van der Waals surface area contributed by atoms with E-state index in [1.165, 1.54) is 0 Å². The average molecular weight is 373 g/mol. The molecule has 0 unspecified atom stereocenters. The van der Waals surface area contributed by atoms with E-state index < -0.39 is 5.97 Å². The number of carboxylic acids is 1. The molecular weight excluding hydrogens is 356 g/mol. The zero-order chi connectivity index (χ0) is 18.7. The monoisotopic (exact) mass is 372 g/mol. The van der Waals surface area contributed by atoms with Crippen molar-refractivity contribution in [2.24, 2.45) is 0 Å². The summed E-state index contributed by atoms with van der Waals surface area (Å²) in [4.78, 5) is 19.7. The third-order valence-corrected chi connectivity index (χ3v) is 4.07. The maximum atomic E-state index is 11.0. The number of pyridine rings is 1. The molecule has 0 fully saturated rings. The maximum absolute atomic E-state index is 11.0. The molecule has 0 saturated carbocycles. The Bertz CT molecular complexity index is 955. The predicted octanol–water partition coefficient (Wildman–Crippen LogP) is 3.45. The number of carbonyl (C=O) groups is 1. The van der Waals surface area contributed by atoms with Crippen molar-refractivity contribution in [3.8, 4) is 28.5 Å². The number of benzene rings is 1. The van der Waals surface area contributed by atoms with Gasteiger partial charge in [-0.2, -0.15) is 5.10 Å². The van der Waals surface area contributed by atoms with Gasteiger partial charge in [-0.05, 0) is 37.3 Å². The highest BCUT2D eigenvalue weighted by Crippen LogP contribution is 2.30. The summed E-state index contributed by atoms with van der Waals surface area (Å²) in [5, 5.41) is 13.9. The molecule has 0 saturated heterocycles. The summed E-state index contributed by atoms with van der Waals surface area (Å²) in [5.41, 5.74) is 2.39. The number of nitrogens with zero attached hydrogens (tertiary/aromatic N) is 4. The highest BCUT2D eigenvalue weighted by molar-refractivity contribution is 6.32. The molecule has 0 aliphatic rings. The minimum Gasteiger partial charge on any atom is -0.495 e. The van der Waals surface area contributed by atoms with E-state index in [2.05, 4.69) is 15.1 Å². The van der Waals surface area contributed by atoms with Crippen molar-refractivity contribution in [2.45, 2.75) is 19.9 Å². The number of aromatic nitrogens is 4. The molecule has 0 radical (unpaired) electrons. The number of methoxy groups -OCH3 is 1. The lowest BCUT2D eigenvalue weighted by Crippen LogP contribution is -2.07. The van der Waals surface area contributed by atoms with Crippen LogP contribution in [-0.4, -0.2) is 37.9 Å². The highest BCUT2D eigenvalue weighted by atomic mass is 35.5. The summed E-state index contributed by atoms with van der Waals surface area (Å²) in [6.45, 7) is 2.08. The summed E-state index contributed by atoms with van der Waals surface area (Å²) < 4.78 is 6.75. The SMILES string of the molecule is COc1ccc(-c2nc(-c3ccnc(C)c3)nn2CCC(=O)O)cc1Cl. The Morgan fingerprint density at radius 1 is 1.27 bits per heavy atom. The number of ether oxygens (including phenoxy) is 1. The molecule has 134 valence electrons. The minimum absolute atomic E-state index is 0.0605. The molecule has 7 nitrogen and oxygen atoms in total. The molecule has 2 aromatic heterocycles. The molecule has 0 atom stereocenters. The van der Waals surface area contributed by atoms with Crippen LogP contribution in [0.25, 0.3) is 22.8 Å². The molecule has 3 aromatic rings. The second-order valence-corrected chi connectivity index (χ2v) is 6.07. The highest BCUT2D eigenvalue weighted by Gasteiger charge is 2.16. The fourth-order valence-electron chi connectivity index (χ4n) is 2.53. The summed E-state index contributed by atoms with van der Waals surface area (Å²) in [5.74, 6) is 0.695. The van der Waals surface area contributed by atoms with Crippen LogP contribution in [0.15, 0.2) is 36.5 Å². The van der Waals surface area contributed by atoms with Crippen molar-refractivity contribution in [3.63, 3.8) is 0 Å². The Morgan fingerprint density at radius 2 is 2.08 bits per heavy atom. The third-order valence-electron chi connectivity index (χ3n) is 3.77. The number of aliphatic carboxylic acids is 1. The van der Waals surface area contributed by atoms with Gasteiger partial charge in [0.1, 0.15) is 5.75 Å². The first-order chi connectivity index (χ1) is 12.5. The van der Waals surface area contributed by atoms with Gasteiger partial charge in [-0.1, -0.05) is 11.6 Å². The first kappa shape index (κ1) is 17.9. The zero-order valence-corrected chi connectivity index (χ0v) is 15.1. The summed E-state index contributed by atoms with van der Waals surface area (Å²) in [6.07, 6.45) is 1.63. The van der Waals surface area contributed by atoms with Crippen molar-refractivity contribution >= 4 is 17.6 Å². The summed E-state index contributed by atoms with van der Waals surface area (Å²) in [6, 6.07) is 8.97. The first-order valence-electron chi connectivity index (χ1n) is 7.91. The van der Waals surface area contributed by atoms with E-state index >= 15 is 0 Å². The molecule has 8 heteroatoms. The van der Waals surface area contributed by atoms with E-state index in [4.69, 9.17) is 21.4 Å². The van der Waals surface area contributed by atoms with Crippen LogP contribution in [0.1, 0.15) is 12.1 Å². The van der Waals surface area contributed by atoms with Gasteiger partial charge in [-0.3, -0.25) is 9.78 Å². The van der Waals surface area contributed by atoms with Crippen LogP contribution >= 0.6 is 11.6 Å². The van der Waals surface area contributed by atoms with E-state index in [1.54, 1.807) is 30.1 Å². The second-order valence-electron chi connectivity index (χ2n) is 5.66. The van der Waals surface area contributed by atoms with Gasteiger partial charge in [-0.15, -0.1) is 0 Å². The average Bonchev–Trinajstić information content (AvgIpc) is 3.04. The molecule has 1 N–H and O–H groups in total. The van der Waals surface area contributed by atoms with Gasteiger partial charge in [0.2, 0.25) is 0 Å². The quantitative estimate of drug-likeness (QED) is 0.712. The van der Waals surface area contributed by atoms with Gasteiger partial charge in [-0.25, -0.2) is 9.67 Å². The van der Waals surface area contributed by atoms with E-state index in [9.17, 15) is 4.79 Å². The van der Waals surface area contributed by atoms with Gasteiger partial charge in [0, 0.05) is 23.0 Å². The molecule has 3 rings (SSSR count). The topological polar surface area (TPSA) is 90.1 Å². The van der Waals surface area contributed by atoms with Crippen LogP contribution in [0.5, 0.6) is 5.75 Å². The van der Waals surface area contributed by atoms with E-state index in [-0.39, 0.29) is 13.0 Å². The lowest BCUT2D eigenvalue weighted by molar-refractivity contribution is -0.137. The van der Waals surface area contributed by atoms with Gasteiger partial charge >= 0.3 is 5.97 Å². The van der Waals surface area contributed by atoms with Crippen LogP contribution in [0.3, 0.4) is 0 Å². The first-order valence-corrected chi connectivity index (χ1v) is 8.29. The molecule has 2 heterocycles. The van der Waals surface area contributed by atoms with Crippen molar-refractivity contribution < 1.29 is 14.6 Å². The Morgan fingerprint density at radius 3 is 2.73 bits per heavy atom. The van der Waals surface area contributed by atoms with Crippen LogP contribution < -0.4 is 4.74 Å². The smallest absolute Gasteiger partial charge is 0.305 e. The minimum atomic E-state index is -0.902. The number of rotatable bonds is 6. The molecule has 0 bridgehead atoms. The van der Waals surface area contributed by atoms with E-state index in [0.717, 1.165) is 16.8 Å². The maximum Gasteiger partial charge on any atom is 0.305 e. The van der Waals surface area contributed by atoms with Crippen molar-refractivity contribution in [2.75, 3.05) is 7.11 Å². The van der Waals surface area contributed by atoms with Crippen LogP contribution in [-0.2, 0) is 11.3 Å². The van der Waals surface area contributed by atoms with Crippen LogP contribution in [0, 0.1) is 6.92 Å². The Kier molecular flexibility index (Phi) is 5.18. The third kappa shape index (κ3) is 3.83. The van der Waals surface area contributed by atoms with Gasteiger partial charge < -0.3 is 9.84 Å². The van der Waals surface area contributed by atoms with E-state index in [1.807, 2.05) is 25.1 Å². The number of halogens is 1. The number of hydrogen-bond acceptors (Lipinski definition) is 5. The number of carboxylic acid groups (broad SMARTS) is 1. The zero-order valence-electron chi connectivity index (χ0n) is 14.3. The predicted molar refractivity (Wildman–Crippen MR) is 97.2 cm³/mol. The fraction of sp³-hybridized carbons (Fsp3) is 0.222. The number of aryl methyl sites for hydroxylation is 2. The second kappa shape index (κ2) is 7.53. The molecule has 0 aliphatic carbocycles. The largest absolute Gasteiger partial charge is 0.495 e. The van der Waals surface area contributed by atoms with Crippen molar-refractivity contribution in [1.29, 1.82) is 0 Å². The van der Waals surface area contributed by atoms with Crippen molar-refractivity contribution in [3.05, 3.63) is 47.2 Å². The molecule has 0 spiro atoms. The summed E-state index contributed by atoms with van der Waals surface area (Å²) in [7, 11) is 1.54. The molecular formula is C18H17ClN4O3. The van der Waals surface area contributed by atoms with Crippen LogP contribution in [0.4, 0.5) is 0 Å². The van der Waals surface area contributed by atoms with Gasteiger partial charge in [0.05, 0.1) is 25.1 Å². The lowest BCUT2D eigenvalue weighted by atomic mass is 10.2. The molecule has 1 aromatic carbocycles.